The second-order valence-electron chi connectivity index (χ2n) is 3.63. The Hall–Kier alpha value is -1.84. The predicted octanol–water partition coefficient (Wildman–Crippen LogP) is 3.04. The van der Waals surface area contributed by atoms with E-state index in [0.29, 0.717) is 22.4 Å². The molecule has 0 saturated carbocycles. The summed E-state index contributed by atoms with van der Waals surface area (Å²) in [4.78, 5) is 7.62. The maximum atomic E-state index is 13.6. The van der Waals surface area contributed by atoms with Gasteiger partial charge in [0.25, 0.3) is 0 Å². The lowest BCUT2D eigenvalue weighted by Gasteiger charge is -2.06. The number of halogens is 2. The van der Waals surface area contributed by atoms with Crippen LogP contribution in [0.25, 0.3) is 11.3 Å². The molecule has 0 amide bonds. The average Bonchev–Trinajstić information content (AvgIpc) is 2.23. The van der Waals surface area contributed by atoms with E-state index in [1.54, 1.807) is 20.0 Å². The van der Waals surface area contributed by atoms with Crippen molar-refractivity contribution in [2.24, 2.45) is 0 Å². The summed E-state index contributed by atoms with van der Waals surface area (Å²) in [5, 5.41) is 0. The van der Waals surface area contributed by atoms with E-state index in [1.165, 1.54) is 6.07 Å². The Labute approximate surface area is 92.0 Å². The maximum absolute atomic E-state index is 13.6. The fourth-order valence-electron chi connectivity index (χ4n) is 1.53. The first-order chi connectivity index (χ1) is 7.59. The Balaban J connectivity index is 2.63. The molecule has 0 bridgehead atoms. The van der Waals surface area contributed by atoms with Crippen LogP contribution in [0.4, 0.5) is 8.78 Å². The van der Waals surface area contributed by atoms with Gasteiger partial charge < -0.3 is 0 Å². The minimum atomic E-state index is -0.446. The van der Waals surface area contributed by atoms with Crippen molar-refractivity contribution in [1.29, 1.82) is 0 Å². The van der Waals surface area contributed by atoms with Gasteiger partial charge in [-0.25, -0.2) is 8.78 Å². The van der Waals surface area contributed by atoms with Crippen LogP contribution in [-0.4, -0.2) is 9.97 Å². The van der Waals surface area contributed by atoms with Gasteiger partial charge in [0.15, 0.2) is 5.82 Å². The van der Waals surface area contributed by atoms with Gasteiger partial charge in [-0.3, -0.25) is 9.97 Å². The van der Waals surface area contributed by atoms with E-state index in [1.807, 2.05) is 0 Å². The van der Waals surface area contributed by atoms with Gasteiger partial charge in [-0.05, 0) is 31.0 Å². The molecule has 2 heterocycles. The number of aromatic nitrogens is 2. The normalized spacial score (nSPS) is 10.5. The first-order valence-corrected chi connectivity index (χ1v) is 4.82. The van der Waals surface area contributed by atoms with Gasteiger partial charge >= 0.3 is 0 Å². The van der Waals surface area contributed by atoms with Crippen LogP contribution in [0.1, 0.15) is 11.1 Å². The highest BCUT2D eigenvalue weighted by Crippen LogP contribution is 2.24. The molecule has 0 atom stereocenters. The molecule has 0 radical (unpaired) electrons. The molecule has 0 aromatic carbocycles. The van der Waals surface area contributed by atoms with Gasteiger partial charge in [-0.2, -0.15) is 0 Å². The monoisotopic (exact) mass is 220 g/mol. The van der Waals surface area contributed by atoms with Crippen molar-refractivity contribution in [3.8, 4) is 11.3 Å². The molecule has 2 rings (SSSR count). The van der Waals surface area contributed by atoms with Crippen molar-refractivity contribution in [3.05, 3.63) is 47.4 Å². The molecular formula is C12H10F2N2. The predicted molar refractivity (Wildman–Crippen MR) is 56.9 cm³/mol. The zero-order valence-electron chi connectivity index (χ0n) is 8.96. The number of nitrogens with zero attached hydrogens (tertiary/aromatic N) is 2. The first kappa shape index (κ1) is 10.7. The summed E-state index contributed by atoms with van der Waals surface area (Å²) in [7, 11) is 0. The lowest BCUT2D eigenvalue weighted by Crippen LogP contribution is -1.95. The Morgan fingerprint density at radius 3 is 2.31 bits per heavy atom. The molecule has 2 aromatic rings. The second kappa shape index (κ2) is 3.96. The van der Waals surface area contributed by atoms with Crippen LogP contribution in [0, 0.1) is 25.5 Å². The number of rotatable bonds is 1. The fourth-order valence-corrected chi connectivity index (χ4v) is 1.53. The molecule has 0 saturated heterocycles. The number of hydrogen-bond donors (Lipinski definition) is 0. The van der Waals surface area contributed by atoms with Crippen molar-refractivity contribution < 1.29 is 8.78 Å². The Kier molecular flexibility index (Phi) is 2.64. The van der Waals surface area contributed by atoms with Crippen LogP contribution in [-0.2, 0) is 0 Å². The van der Waals surface area contributed by atoms with Crippen molar-refractivity contribution in [3.63, 3.8) is 0 Å². The largest absolute Gasteiger partial charge is 0.261 e. The third-order valence-electron chi connectivity index (χ3n) is 2.39. The molecule has 82 valence electrons. The second-order valence-corrected chi connectivity index (χ2v) is 3.63. The summed E-state index contributed by atoms with van der Waals surface area (Å²) in [5.74, 6) is -0.839. The SMILES string of the molecule is Cc1cc(-c2c(C)cncc2F)ncc1F. The Morgan fingerprint density at radius 1 is 0.938 bits per heavy atom. The first-order valence-electron chi connectivity index (χ1n) is 4.82. The Morgan fingerprint density at radius 2 is 1.69 bits per heavy atom. The molecular weight excluding hydrogens is 210 g/mol. The summed E-state index contributed by atoms with van der Waals surface area (Å²) >= 11 is 0. The van der Waals surface area contributed by atoms with Crippen LogP contribution in [0.5, 0.6) is 0 Å². The van der Waals surface area contributed by atoms with Gasteiger partial charge in [0.2, 0.25) is 0 Å². The quantitative estimate of drug-likeness (QED) is 0.738. The third-order valence-corrected chi connectivity index (χ3v) is 2.39. The van der Waals surface area contributed by atoms with Gasteiger partial charge in [-0.15, -0.1) is 0 Å². The van der Waals surface area contributed by atoms with Gasteiger partial charge in [0.05, 0.1) is 18.1 Å². The molecule has 0 aliphatic heterocycles. The highest BCUT2D eigenvalue weighted by Gasteiger charge is 2.11. The summed E-state index contributed by atoms with van der Waals surface area (Å²) in [6.07, 6.45) is 3.78. The van der Waals surface area contributed by atoms with Gasteiger partial charge in [0.1, 0.15) is 5.82 Å². The van der Waals surface area contributed by atoms with Crippen molar-refractivity contribution in [1.82, 2.24) is 9.97 Å². The molecule has 2 nitrogen and oxygen atoms in total. The third kappa shape index (κ3) is 1.78. The van der Waals surface area contributed by atoms with E-state index in [9.17, 15) is 8.78 Å². The minimum absolute atomic E-state index is 0.373. The number of pyridine rings is 2. The van der Waals surface area contributed by atoms with Crippen molar-refractivity contribution in [2.45, 2.75) is 13.8 Å². The van der Waals surface area contributed by atoms with Crippen molar-refractivity contribution in [2.75, 3.05) is 0 Å². The smallest absolute Gasteiger partial charge is 0.151 e. The number of hydrogen-bond acceptors (Lipinski definition) is 2. The van der Waals surface area contributed by atoms with Crippen LogP contribution in [0.3, 0.4) is 0 Å². The molecule has 0 N–H and O–H groups in total. The molecule has 0 aliphatic carbocycles. The molecule has 0 spiro atoms. The van der Waals surface area contributed by atoms with E-state index in [-0.39, 0.29) is 0 Å². The highest BCUT2D eigenvalue weighted by atomic mass is 19.1. The summed E-state index contributed by atoms with van der Waals surface area (Å²) in [5.41, 5.74) is 1.92. The van der Waals surface area contributed by atoms with E-state index in [0.717, 1.165) is 12.4 Å². The maximum Gasteiger partial charge on any atom is 0.151 e. The minimum Gasteiger partial charge on any atom is -0.261 e. The number of aryl methyl sites for hydroxylation is 2. The van der Waals surface area contributed by atoms with Crippen LogP contribution in [0.2, 0.25) is 0 Å². The Bertz CT molecular complexity index is 518. The lowest BCUT2D eigenvalue weighted by molar-refractivity contribution is 0.610. The molecule has 16 heavy (non-hydrogen) atoms. The highest BCUT2D eigenvalue weighted by molar-refractivity contribution is 5.63. The van der Waals surface area contributed by atoms with Gasteiger partial charge in [0, 0.05) is 11.8 Å². The molecule has 0 fully saturated rings. The summed E-state index contributed by atoms with van der Waals surface area (Å²) in [6, 6.07) is 1.53. The summed E-state index contributed by atoms with van der Waals surface area (Å²) < 4.78 is 26.6. The fraction of sp³-hybridized carbons (Fsp3) is 0.167. The van der Waals surface area contributed by atoms with E-state index >= 15 is 0 Å². The molecule has 4 heteroatoms. The molecule has 0 aliphatic rings. The average molecular weight is 220 g/mol. The van der Waals surface area contributed by atoms with E-state index in [2.05, 4.69) is 9.97 Å². The topological polar surface area (TPSA) is 25.8 Å². The van der Waals surface area contributed by atoms with E-state index in [4.69, 9.17) is 0 Å². The zero-order chi connectivity index (χ0) is 11.7. The zero-order valence-corrected chi connectivity index (χ0v) is 8.96. The summed E-state index contributed by atoms with van der Waals surface area (Å²) in [6.45, 7) is 3.36. The molecule has 2 aromatic heterocycles. The van der Waals surface area contributed by atoms with E-state index < -0.39 is 11.6 Å². The lowest BCUT2D eigenvalue weighted by atomic mass is 10.1. The van der Waals surface area contributed by atoms with Crippen LogP contribution < -0.4 is 0 Å². The van der Waals surface area contributed by atoms with Crippen LogP contribution >= 0.6 is 0 Å². The molecule has 0 unspecified atom stereocenters. The van der Waals surface area contributed by atoms with Crippen molar-refractivity contribution >= 4 is 0 Å². The van der Waals surface area contributed by atoms with Crippen LogP contribution in [0.15, 0.2) is 24.7 Å². The standard InChI is InChI=1S/C12H10F2N2/c1-7-3-11(16-6-9(7)13)12-8(2)4-15-5-10(12)14/h3-6H,1-2H3. The van der Waals surface area contributed by atoms with Gasteiger partial charge in [-0.1, -0.05) is 0 Å².